The van der Waals surface area contributed by atoms with Crippen LogP contribution in [0.1, 0.15) is 127 Å². The molecule has 0 saturated carbocycles. The first-order chi connectivity index (χ1) is 37.4. The molecule has 426 valence electrons. The summed E-state index contributed by atoms with van der Waals surface area (Å²) in [6.45, 7) is 27.0. The average Bonchev–Trinajstić information content (AvgIpc) is 4.11. The first kappa shape index (κ1) is 66.3. The number of nitrogens with two attached hydrogens (primary N) is 3. The zero-order valence-corrected chi connectivity index (χ0v) is 49.5. The number of unbranched alkanes of at least 4 members (excludes halogenated alkanes) is 2. The molecule has 3 aliphatic heterocycles. The summed E-state index contributed by atoms with van der Waals surface area (Å²) in [5.41, 5.74) is 27.9. The van der Waals surface area contributed by atoms with Crippen LogP contribution in [0.4, 0.5) is 11.4 Å². The Bertz CT molecular complexity index is 2520. The van der Waals surface area contributed by atoms with Crippen LogP contribution >= 0.6 is 22.9 Å². The molecule has 8 rings (SSSR count). The number of piperazine rings is 1. The number of halogens is 1. The predicted octanol–water partition coefficient (Wildman–Crippen LogP) is 10.9. The molecule has 7 N–H and O–H groups in total. The van der Waals surface area contributed by atoms with Crippen LogP contribution in [-0.4, -0.2) is 122 Å². The fourth-order valence-electron chi connectivity index (χ4n) is 9.04. The van der Waals surface area contributed by atoms with E-state index >= 15 is 0 Å². The normalized spacial score (nSPS) is 14.9. The molecule has 2 saturated heterocycles. The molecule has 0 spiro atoms. The van der Waals surface area contributed by atoms with Crippen molar-refractivity contribution in [3.8, 4) is 21.6 Å². The molecule has 78 heavy (non-hydrogen) atoms. The summed E-state index contributed by atoms with van der Waals surface area (Å²) in [5.74, 6) is 0.0585. The summed E-state index contributed by atoms with van der Waals surface area (Å²) in [4.78, 5) is 69.2. The van der Waals surface area contributed by atoms with E-state index < -0.39 is 0 Å². The lowest BCUT2D eigenvalue weighted by molar-refractivity contribution is -0.132. The maximum Gasteiger partial charge on any atom is 0.251 e. The van der Waals surface area contributed by atoms with E-state index in [9.17, 15) is 19.2 Å². The lowest BCUT2D eigenvalue weighted by Gasteiger charge is -2.34. The van der Waals surface area contributed by atoms with Crippen LogP contribution in [0.5, 0.6) is 0 Å². The number of fused-ring (bicyclic) bond motifs is 1. The molecular formula is C62H90ClN9O5S. The van der Waals surface area contributed by atoms with Gasteiger partial charge in [0, 0.05) is 107 Å². The maximum atomic E-state index is 12.7. The van der Waals surface area contributed by atoms with Crippen molar-refractivity contribution in [2.75, 3.05) is 76.1 Å². The van der Waals surface area contributed by atoms with E-state index in [2.05, 4.69) is 91.1 Å². The number of nitrogen functional groups attached to an aromatic ring is 1. The number of hydrogen-bond donors (Lipinski definition) is 4. The van der Waals surface area contributed by atoms with E-state index in [4.69, 9.17) is 33.6 Å². The number of anilines is 2. The zero-order valence-electron chi connectivity index (χ0n) is 48.0. The molecule has 1 atom stereocenters. The number of nitrogens with one attached hydrogen (secondary N) is 1. The number of benzene rings is 4. The highest BCUT2D eigenvalue weighted by molar-refractivity contribution is 7.13. The largest absolute Gasteiger partial charge is 0.399 e. The first-order valence-corrected chi connectivity index (χ1v) is 29.0. The second-order valence-electron chi connectivity index (χ2n) is 20.8. The molecule has 5 aromatic rings. The fourth-order valence-corrected chi connectivity index (χ4v) is 9.98. The number of thiazole rings is 1. The molecule has 0 aliphatic carbocycles. The van der Waals surface area contributed by atoms with Gasteiger partial charge in [0.15, 0.2) is 0 Å². The smallest absolute Gasteiger partial charge is 0.251 e. The number of likely N-dealkylation sites (tertiary alicyclic amines) is 1. The molecule has 1 unspecified atom stereocenters. The van der Waals surface area contributed by atoms with E-state index in [1.807, 2.05) is 66.3 Å². The summed E-state index contributed by atoms with van der Waals surface area (Å²) >= 11 is 7.27. The topological polar surface area (TPSA) is 201 Å². The van der Waals surface area contributed by atoms with Gasteiger partial charge in [-0.05, 0) is 140 Å². The highest BCUT2D eigenvalue weighted by Gasteiger charge is 2.27. The van der Waals surface area contributed by atoms with Gasteiger partial charge in [-0.15, -0.1) is 11.3 Å². The Labute approximate surface area is 475 Å². The van der Waals surface area contributed by atoms with Crippen molar-refractivity contribution in [3.05, 3.63) is 124 Å². The van der Waals surface area contributed by atoms with Gasteiger partial charge in [-0.1, -0.05) is 102 Å². The van der Waals surface area contributed by atoms with Gasteiger partial charge in [0.2, 0.25) is 17.7 Å². The second-order valence-corrected chi connectivity index (χ2v) is 22.1. The van der Waals surface area contributed by atoms with Crippen molar-refractivity contribution in [2.24, 2.45) is 16.9 Å². The molecule has 4 aromatic carbocycles. The fraction of sp³-hybridized carbons (Fsp3) is 0.484. The van der Waals surface area contributed by atoms with Crippen molar-refractivity contribution in [1.82, 2.24) is 25.0 Å². The van der Waals surface area contributed by atoms with Crippen molar-refractivity contribution >= 4 is 64.7 Å². The number of nitrogens with zero attached hydrogens (tertiary/aromatic N) is 5. The number of primary amides is 1. The number of amides is 4. The van der Waals surface area contributed by atoms with Gasteiger partial charge >= 0.3 is 0 Å². The third-order valence-electron chi connectivity index (χ3n) is 13.3. The molecule has 3 aliphatic rings. The van der Waals surface area contributed by atoms with Gasteiger partial charge in [0.05, 0.1) is 16.1 Å². The highest BCUT2D eigenvalue weighted by Crippen LogP contribution is 2.32. The van der Waals surface area contributed by atoms with Gasteiger partial charge in [0.1, 0.15) is 6.79 Å². The summed E-state index contributed by atoms with van der Waals surface area (Å²) in [6, 6.07) is 30.2. The van der Waals surface area contributed by atoms with Crippen molar-refractivity contribution in [3.63, 3.8) is 0 Å². The zero-order chi connectivity index (χ0) is 57.6. The Morgan fingerprint density at radius 2 is 1.42 bits per heavy atom. The van der Waals surface area contributed by atoms with E-state index in [1.165, 1.54) is 40.8 Å². The van der Waals surface area contributed by atoms with E-state index in [-0.39, 0.29) is 35.1 Å². The number of hydrogen-bond acceptors (Lipinski definition) is 11. The predicted molar refractivity (Wildman–Crippen MR) is 325 cm³/mol. The molecular weight excluding hydrogens is 1020 g/mol. The lowest BCUT2D eigenvalue weighted by atomic mass is 9.92. The minimum Gasteiger partial charge on any atom is -0.399 e. The first-order valence-electron chi connectivity index (χ1n) is 27.7. The number of rotatable bonds is 15. The van der Waals surface area contributed by atoms with Gasteiger partial charge in [-0.3, -0.25) is 24.1 Å². The van der Waals surface area contributed by atoms with E-state index in [0.717, 1.165) is 124 Å². The van der Waals surface area contributed by atoms with Crippen molar-refractivity contribution in [2.45, 2.75) is 126 Å². The van der Waals surface area contributed by atoms with Crippen LogP contribution in [0.15, 0.2) is 96.5 Å². The maximum absolute atomic E-state index is 12.7. The SMILES string of the molecule is C=O.CC.CC(=O)N1CCCc2cc(-c3ccc(C(=O)NCCN4CCN(CCCCC(N)=O)CC4)cc3)ccc21.CC(C)(C)CC(=O)N1CCC(N)C1.CCCCc1ccc(-c2scnc2C)cc1.Nc1ccc(Cl)cc1. The molecule has 0 bridgehead atoms. The molecule has 4 amide bonds. The molecule has 16 heteroatoms. The quantitative estimate of drug-likeness (QED) is 0.0577. The van der Waals surface area contributed by atoms with Crippen LogP contribution in [-0.2, 0) is 32.0 Å². The molecule has 14 nitrogen and oxygen atoms in total. The van der Waals surface area contributed by atoms with Crippen LogP contribution in [0, 0.1) is 12.3 Å². The van der Waals surface area contributed by atoms with Gasteiger partial charge in [-0.25, -0.2) is 4.98 Å². The standard InChI is InChI=1S/C29H39N5O3.C14H17NS.C10H20N2O.C6H6ClN.C2H6.CH2O/c1-22(35)34-15-4-5-26-21-25(11-12-27(26)34)23-7-9-24(10-8-23)29(37)31-13-16-33-19-17-32(18-20-33)14-3-2-6-28(30)36;1-3-4-5-12-6-8-13(9-7-12)14-11(2)15-10-16-14;1-10(2,3)6-9(13)12-5-4-8(11)7-12;7-5-1-3-6(8)4-2-5;2*1-2/h7-12,21H,2-6,13-20H2,1H3,(H2,30,36)(H,31,37);6-10H,3-5H2,1-2H3;8H,4-7,11H2,1-3H3;1-4H,8H2;1-2H3;1H2. The summed E-state index contributed by atoms with van der Waals surface area (Å²) in [5, 5.41) is 3.77. The average molecular weight is 1110 g/mol. The molecule has 1 aromatic heterocycles. The Balaban J connectivity index is 0.000000318. The van der Waals surface area contributed by atoms with Crippen molar-refractivity contribution in [1.29, 1.82) is 0 Å². The monoisotopic (exact) mass is 1110 g/mol. The number of carbonyl (C=O) groups excluding carboxylic acids is 5. The minimum absolute atomic E-state index is 0.0535. The highest BCUT2D eigenvalue weighted by atomic mass is 35.5. The number of carbonyl (C=O) groups is 5. The number of aromatic nitrogens is 1. The van der Waals surface area contributed by atoms with Crippen molar-refractivity contribution < 1.29 is 24.0 Å². The summed E-state index contributed by atoms with van der Waals surface area (Å²) < 4.78 is 0. The Morgan fingerprint density at radius 1 is 0.808 bits per heavy atom. The lowest BCUT2D eigenvalue weighted by Crippen LogP contribution is -2.48. The Morgan fingerprint density at radius 3 is 1.96 bits per heavy atom. The molecule has 0 radical (unpaired) electrons. The number of aryl methyl sites for hydroxylation is 3. The second kappa shape index (κ2) is 35.5. The molecule has 2 fully saturated rings. The van der Waals surface area contributed by atoms with Crippen LogP contribution in [0.2, 0.25) is 5.02 Å². The summed E-state index contributed by atoms with van der Waals surface area (Å²) in [7, 11) is 0. The Kier molecular flexibility index (Phi) is 30.2. The van der Waals surface area contributed by atoms with Gasteiger partial charge < -0.3 is 42.0 Å². The minimum atomic E-state index is -0.222. The third kappa shape index (κ3) is 24.0. The van der Waals surface area contributed by atoms with Gasteiger partial charge in [0.25, 0.3) is 5.91 Å². The van der Waals surface area contributed by atoms with Crippen LogP contribution in [0.25, 0.3) is 21.6 Å². The van der Waals surface area contributed by atoms with E-state index in [1.54, 1.807) is 42.5 Å². The van der Waals surface area contributed by atoms with Crippen LogP contribution in [0.3, 0.4) is 0 Å². The third-order valence-corrected chi connectivity index (χ3v) is 14.5. The van der Waals surface area contributed by atoms with Crippen LogP contribution < -0.4 is 27.4 Å². The Hall–Kier alpha value is -5.97. The van der Waals surface area contributed by atoms with E-state index in [0.29, 0.717) is 24.9 Å². The summed E-state index contributed by atoms with van der Waals surface area (Å²) in [6.07, 6.45) is 9.58. The molecule has 4 heterocycles. The van der Waals surface area contributed by atoms with Gasteiger partial charge in [-0.2, -0.15) is 0 Å².